The predicted octanol–water partition coefficient (Wildman–Crippen LogP) is 1.59. The maximum absolute atomic E-state index is 12.8. The molecular weight excluding hydrogens is 293 g/mol. The molecule has 0 aromatic rings. The number of hydrogen-bond acceptors (Lipinski definition) is 4. The summed E-state index contributed by atoms with van der Waals surface area (Å²) in [7, 11) is 0. The number of urea groups is 1. The molecule has 1 heterocycles. The van der Waals surface area contributed by atoms with E-state index in [1.807, 2.05) is 0 Å². The molecule has 6 nitrogen and oxygen atoms in total. The molecule has 1 aliphatic rings. The number of nitrogens with one attached hydrogen (secondary N) is 1. The van der Waals surface area contributed by atoms with E-state index >= 15 is 0 Å². The Hall–Kier alpha value is -1.80. The third-order valence-electron chi connectivity index (χ3n) is 2.80. The van der Waals surface area contributed by atoms with Crippen molar-refractivity contribution in [1.82, 2.24) is 10.2 Å². The summed E-state index contributed by atoms with van der Waals surface area (Å²) >= 11 is 0. The third kappa shape index (κ3) is 3.64. The van der Waals surface area contributed by atoms with Crippen molar-refractivity contribution in [2.45, 2.75) is 51.4 Å². The lowest BCUT2D eigenvalue weighted by Crippen LogP contribution is -2.56. The number of esters is 1. The fourth-order valence-corrected chi connectivity index (χ4v) is 1.69. The van der Waals surface area contributed by atoms with Gasteiger partial charge in [-0.1, -0.05) is 0 Å². The molecule has 1 rings (SSSR count). The number of amides is 3. The molecule has 0 radical (unpaired) electrons. The highest BCUT2D eigenvalue weighted by Gasteiger charge is 2.64. The molecule has 9 heteroatoms. The number of alkyl halides is 3. The van der Waals surface area contributed by atoms with Crippen LogP contribution >= 0.6 is 0 Å². The van der Waals surface area contributed by atoms with Gasteiger partial charge in [0.15, 0.2) is 0 Å². The summed E-state index contributed by atoms with van der Waals surface area (Å²) in [6.07, 6.45) is -5.29. The topological polar surface area (TPSA) is 75.7 Å². The first-order valence-corrected chi connectivity index (χ1v) is 6.20. The van der Waals surface area contributed by atoms with Crippen molar-refractivity contribution >= 4 is 17.9 Å². The molecule has 1 N–H and O–H groups in total. The van der Waals surface area contributed by atoms with Crippen molar-refractivity contribution in [2.24, 2.45) is 0 Å². The second-order valence-electron chi connectivity index (χ2n) is 5.85. The summed E-state index contributed by atoms with van der Waals surface area (Å²) in [5.41, 5.74) is -3.72. The Kier molecular flexibility index (Phi) is 4.27. The zero-order chi connectivity index (χ0) is 16.6. The molecule has 120 valence electrons. The van der Waals surface area contributed by atoms with Gasteiger partial charge in [0.2, 0.25) is 5.54 Å². The van der Waals surface area contributed by atoms with Crippen LogP contribution in [0.4, 0.5) is 18.0 Å². The minimum Gasteiger partial charge on any atom is -0.460 e. The molecule has 0 aliphatic carbocycles. The second-order valence-corrected chi connectivity index (χ2v) is 5.85. The summed E-state index contributed by atoms with van der Waals surface area (Å²) < 4.78 is 43.4. The van der Waals surface area contributed by atoms with Gasteiger partial charge in [-0.25, -0.2) is 4.79 Å². The lowest BCUT2D eigenvalue weighted by atomic mass is 10.0. The molecule has 1 saturated heterocycles. The smallest absolute Gasteiger partial charge is 0.420 e. The van der Waals surface area contributed by atoms with Crippen molar-refractivity contribution in [3.8, 4) is 0 Å². The van der Waals surface area contributed by atoms with Gasteiger partial charge in [0.05, 0.1) is 6.42 Å². The van der Waals surface area contributed by atoms with Gasteiger partial charge < -0.3 is 10.1 Å². The van der Waals surface area contributed by atoms with Crippen LogP contribution in [0.5, 0.6) is 0 Å². The van der Waals surface area contributed by atoms with E-state index in [0.29, 0.717) is 11.8 Å². The maximum atomic E-state index is 12.8. The first kappa shape index (κ1) is 17.3. The highest BCUT2D eigenvalue weighted by molar-refractivity contribution is 6.07. The quantitative estimate of drug-likeness (QED) is 0.634. The normalized spacial score (nSPS) is 23.3. The zero-order valence-electron chi connectivity index (χ0n) is 12.1. The van der Waals surface area contributed by atoms with Crippen molar-refractivity contribution in [1.29, 1.82) is 0 Å². The van der Waals surface area contributed by atoms with Crippen LogP contribution in [0.1, 0.15) is 34.1 Å². The first-order chi connectivity index (χ1) is 9.28. The van der Waals surface area contributed by atoms with Gasteiger partial charge in [0.25, 0.3) is 5.91 Å². The van der Waals surface area contributed by atoms with Crippen LogP contribution in [0.15, 0.2) is 0 Å². The van der Waals surface area contributed by atoms with E-state index in [2.05, 4.69) is 0 Å². The monoisotopic (exact) mass is 310 g/mol. The Morgan fingerprint density at radius 2 is 1.81 bits per heavy atom. The largest absolute Gasteiger partial charge is 0.460 e. The number of halogens is 3. The average molecular weight is 310 g/mol. The van der Waals surface area contributed by atoms with E-state index in [-0.39, 0.29) is 6.42 Å². The molecule has 1 atom stereocenters. The van der Waals surface area contributed by atoms with Crippen LogP contribution in [-0.4, -0.2) is 46.7 Å². The Morgan fingerprint density at radius 3 is 2.19 bits per heavy atom. The van der Waals surface area contributed by atoms with E-state index in [9.17, 15) is 27.6 Å². The second kappa shape index (κ2) is 5.19. The standard InChI is InChI=1S/C12H17F3N2O4/c1-10(2,3)21-7(18)5-6-17-8(19)11(4,12(13,14)15)16-9(17)20/h5-6H2,1-4H3,(H,16,20). The Labute approximate surface area is 119 Å². The van der Waals surface area contributed by atoms with Crippen molar-refractivity contribution < 1.29 is 32.3 Å². The Bertz CT molecular complexity index is 470. The van der Waals surface area contributed by atoms with Gasteiger partial charge in [-0.05, 0) is 27.7 Å². The van der Waals surface area contributed by atoms with Crippen molar-refractivity contribution in [3.63, 3.8) is 0 Å². The Balaban J connectivity index is 2.72. The number of carbonyl (C=O) groups excluding carboxylic acids is 3. The predicted molar refractivity (Wildman–Crippen MR) is 65.2 cm³/mol. The molecular formula is C12H17F3N2O4. The molecule has 21 heavy (non-hydrogen) atoms. The first-order valence-electron chi connectivity index (χ1n) is 6.20. The van der Waals surface area contributed by atoms with Crippen LogP contribution < -0.4 is 5.32 Å². The fourth-order valence-electron chi connectivity index (χ4n) is 1.69. The van der Waals surface area contributed by atoms with E-state index in [1.54, 1.807) is 26.1 Å². The highest BCUT2D eigenvalue weighted by atomic mass is 19.4. The number of rotatable bonds is 3. The maximum Gasteiger partial charge on any atom is 0.420 e. The summed E-state index contributed by atoms with van der Waals surface area (Å²) in [5.74, 6) is -2.13. The fraction of sp³-hybridized carbons (Fsp3) is 0.750. The molecule has 0 aromatic carbocycles. The van der Waals surface area contributed by atoms with E-state index < -0.39 is 41.8 Å². The molecule has 1 aliphatic heterocycles. The number of imide groups is 1. The molecule has 0 saturated carbocycles. The minimum atomic E-state index is -4.92. The summed E-state index contributed by atoms with van der Waals surface area (Å²) in [4.78, 5) is 35.1. The average Bonchev–Trinajstić information content (AvgIpc) is 2.45. The molecule has 0 spiro atoms. The zero-order valence-corrected chi connectivity index (χ0v) is 12.1. The number of nitrogens with zero attached hydrogens (tertiary/aromatic N) is 1. The highest BCUT2D eigenvalue weighted by Crippen LogP contribution is 2.35. The van der Waals surface area contributed by atoms with Crippen LogP contribution in [0.3, 0.4) is 0 Å². The lowest BCUT2D eigenvalue weighted by Gasteiger charge is -2.24. The molecule has 0 bridgehead atoms. The van der Waals surface area contributed by atoms with Crippen LogP contribution in [-0.2, 0) is 14.3 Å². The number of ether oxygens (including phenoxy) is 1. The molecule has 3 amide bonds. The van der Waals surface area contributed by atoms with Crippen LogP contribution in [0.25, 0.3) is 0 Å². The minimum absolute atomic E-state index is 0.371. The van der Waals surface area contributed by atoms with E-state index in [4.69, 9.17) is 4.74 Å². The van der Waals surface area contributed by atoms with Gasteiger partial charge in [-0.3, -0.25) is 14.5 Å². The number of carbonyl (C=O) groups is 3. The summed E-state index contributed by atoms with van der Waals surface area (Å²) in [5, 5.41) is 1.60. The number of hydrogen-bond donors (Lipinski definition) is 1. The molecule has 1 unspecified atom stereocenters. The molecule has 0 aromatic heterocycles. The summed E-state index contributed by atoms with van der Waals surface area (Å²) in [6, 6.07) is -1.18. The van der Waals surface area contributed by atoms with E-state index in [1.165, 1.54) is 0 Å². The SMILES string of the molecule is CC(C)(C)OC(=O)CCN1C(=O)NC(C)(C(F)(F)F)C1=O. The third-order valence-corrected chi connectivity index (χ3v) is 2.80. The van der Waals surface area contributed by atoms with Gasteiger partial charge in [0, 0.05) is 6.54 Å². The van der Waals surface area contributed by atoms with Gasteiger partial charge >= 0.3 is 18.2 Å². The van der Waals surface area contributed by atoms with Gasteiger partial charge in [-0.2, -0.15) is 13.2 Å². The summed E-state index contributed by atoms with van der Waals surface area (Å²) in [6.45, 7) is 4.99. The lowest BCUT2D eigenvalue weighted by molar-refractivity contribution is -0.191. The molecule has 1 fully saturated rings. The van der Waals surface area contributed by atoms with Gasteiger partial charge in [-0.15, -0.1) is 0 Å². The van der Waals surface area contributed by atoms with Crippen LogP contribution in [0, 0.1) is 0 Å². The van der Waals surface area contributed by atoms with Crippen molar-refractivity contribution in [3.05, 3.63) is 0 Å². The van der Waals surface area contributed by atoms with Gasteiger partial charge in [0.1, 0.15) is 5.60 Å². The Morgan fingerprint density at radius 1 is 1.29 bits per heavy atom. The van der Waals surface area contributed by atoms with Crippen molar-refractivity contribution in [2.75, 3.05) is 6.54 Å². The van der Waals surface area contributed by atoms with E-state index in [0.717, 1.165) is 0 Å². The van der Waals surface area contributed by atoms with Crippen LogP contribution in [0.2, 0.25) is 0 Å².